The minimum atomic E-state index is -1.68. The Labute approximate surface area is 223 Å². The molecule has 2 aliphatic rings. The zero-order chi connectivity index (χ0) is 29.4. The molecule has 2 aliphatic heterocycles. The van der Waals surface area contributed by atoms with Gasteiger partial charge in [0.15, 0.2) is 37.0 Å². The van der Waals surface area contributed by atoms with Gasteiger partial charge in [0, 0.05) is 41.7 Å². The summed E-state index contributed by atoms with van der Waals surface area (Å²) >= 11 is 0. The van der Waals surface area contributed by atoms with Crippen LogP contribution in [0.25, 0.3) is 0 Å². The molecule has 0 spiro atoms. The first-order valence-electron chi connectivity index (χ1n) is 11.9. The molecule has 10 atom stereocenters. The van der Waals surface area contributed by atoms with Crippen LogP contribution in [0.5, 0.6) is 0 Å². The van der Waals surface area contributed by atoms with E-state index >= 15 is 0 Å². The fraction of sp³-hybridized carbons (Fsp3) is 0.783. The Morgan fingerprint density at radius 3 is 1.38 bits per heavy atom. The van der Waals surface area contributed by atoms with E-state index in [1.165, 1.54) is 7.11 Å². The fourth-order valence-corrected chi connectivity index (χ4v) is 4.08. The second-order valence-electron chi connectivity index (χ2n) is 8.73. The normalized spacial score (nSPS) is 34.4. The van der Waals surface area contributed by atoms with Crippen LogP contribution in [0.2, 0.25) is 0 Å². The molecular weight excluding hydrogens is 532 g/mol. The fourth-order valence-electron chi connectivity index (χ4n) is 4.08. The molecule has 222 valence electrons. The van der Waals surface area contributed by atoms with Crippen molar-refractivity contribution in [2.45, 2.75) is 96.0 Å². The first-order chi connectivity index (χ1) is 18.2. The predicted octanol–water partition coefficient (Wildman–Crippen LogP) is -1.89. The van der Waals surface area contributed by atoms with E-state index in [4.69, 9.17) is 42.6 Å². The third kappa shape index (κ3) is 9.08. The molecule has 2 saturated heterocycles. The molecule has 16 nitrogen and oxygen atoms in total. The van der Waals surface area contributed by atoms with Gasteiger partial charge in [0.2, 0.25) is 0 Å². The monoisotopic (exact) mass is 566 g/mol. The van der Waals surface area contributed by atoms with Crippen molar-refractivity contribution in [2.24, 2.45) is 0 Å². The molecule has 16 heteroatoms. The van der Waals surface area contributed by atoms with Gasteiger partial charge < -0.3 is 52.8 Å². The lowest BCUT2D eigenvalue weighted by Crippen LogP contribution is -2.63. The summed E-state index contributed by atoms with van der Waals surface area (Å²) < 4.78 is 47.9. The first-order valence-corrected chi connectivity index (χ1v) is 11.9. The molecular formula is C23H34O16. The number of methoxy groups -OCH3 is 1. The second kappa shape index (κ2) is 14.5. The van der Waals surface area contributed by atoms with Crippen LogP contribution in [0.15, 0.2) is 0 Å². The van der Waals surface area contributed by atoms with Crippen molar-refractivity contribution in [3.63, 3.8) is 0 Å². The highest BCUT2D eigenvalue weighted by Crippen LogP contribution is 2.30. The SMILES string of the molecule is CO[C@@H]1OC(CO[C@@H]2OC(COC(C)=O)[C@@H](OC(C)=O)C(O)C2OC(C)=O)[C@@H](OC(C)=O)C(O)C1OC(C)=O. The second-order valence-corrected chi connectivity index (χ2v) is 8.73. The Morgan fingerprint density at radius 1 is 0.590 bits per heavy atom. The van der Waals surface area contributed by atoms with E-state index in [0.717, 1.165) is 34.6 Å². The summed E-state index contributed by atoms with van der Waals surface area (Å²) in [5.74, 6) is -3.86. The van der Waals surface area contributed by atoms with Crippen molar-refractivity contribution in [1.82, 2.24) is 0 Å². The van der Waals surface area contributed by atoms with Crippen molar-refractivity contribution in [3.05, 3.63) is 0 Å². The molecule has 2 N–H and O–H groups in total. The number of esters is 5. The highest BCUT2D eigenvalue weighted by molar-refractivity contribution is 5.68. The van der Waals surface area contributed by atoms with Crippen molar-refractivity contribution in [3.8, 4) is 0 Å². The maximum atomic E-state index is 11.8. The minimum Gasteiger partial charge on any atom is -0.463 e. The van der Waals surface area contributed by atoms with Crippen LogP contribution >= 0.6 is 0 Å². The quantitative estimate of drug-likeness (QED) is 0.219. The summed E-state index contributed by atoms with van der Waals surface area (Å²) in [6.07, 6.45) is -14.3. The Kier molecular flexibility index (Phi) is 12.0. The predicted molar refractivity (Wildman–Crippen MR) is 121 cm³/mol. The molecule has 0 aromatic rings. The number of hydrogen-bond acceptors (Lipinski definition) is 16. The van der Waals surface area contributed by atoms with E-state index in [2.05, 4.69) is 0 Å². The lowest BCUT2D eigenvalue weighted by atomic mass is 9.97. The van der Waals surface area contributed by atoms with Gasteiger partial charge in [-0.3, -0.25) is 24.0 Å². The average molecular weight is 567 g/mol. The van der Waals surface area contributed by atoms with Crippen LogP contribution in [-0.4, -0.2) is 122 Å². The summed E-state index contributed by atoms with van der Waals surface area (Å²) in [7, 11) is 1.23. The van der Waals surface area contributed by atoms with E-state index in [1.807, 2.05) is 0 Å². The average Bonchev–Trinajstić information content (AvgIpc) is 2.82. The summed E-state index contributed by atoms with van der Waals surface area (Å²) in [5, 5.41) is 21.7. The van der Waals surface area contributed by atoms with Gasteiger partial charge in [0.05, 0.1) is 6.61 Å². The molecule has 0 radical (unpaired) electrons. The Bertz CT molecular complexity index is 889. The zero-order valence-electron chi connectivity index (χ0n) is 22.3. The van der Waals surface area contributed by atoms with Crippen molar-refractivity contribution in [2.75, 3.05) is 20.3 Å². The lowest BCUT2D eigenvalue weighted by molar-refractivity contribution is -0.331. The van der Waals surface area contributed by atoms with Gasteiger partial charge in [-0.15, -0.1) is 0 Å². The number of aliphatic hydroxyl groups excluding tert-OH is 2. The third-order valence-electron chi connectivity index (χ3n) is 5.55. The molecule has 0 aromatic heterocycles. The molecule has 2 fully saturated rings. The molecule has 0 aromatic carbocycles. The standard InChI is InChI=1S/C23H34O16/c1-9(24)32-7-14-18(34-10(2)25)17(30)21(37-13(5)28)23(39-14)33-8-15-19(35-11(3)26)16(29)20(36-12(4)27)22(31-6)38-15/h14-23,29-30H,7-8H2,1-6H3/t14?,15?,16?,17?,18-,19-,20?,21?,22-,23-/m1/s1. The van der Waals surface area contributed by atoms with Crippen molar-refractivity contribution >= 4 is 29.8 Å². The smallest absolute Gasteiger partial charge is 0.303 e. The molecule has 2 rings (SSSR count). The van der Waals surface area contributed by atoms with Gasteiger partial charge >= 0.3 is 29.8 Å². The molecule has 0 aliphatic carbocycles. The number of aliphatic hydroxyl groups is 2. The topological polar surface area (TPSA) is 209 Å². The molecule has 2 heterocycles. The van der Waals surface area contributed by atoms with Gasteiger partial charge in [0.1, 0.15) is 31.0 Å². The number of carbonyl (C=O) groups is 5. The van der Waals surface area contributed by atoms with E-state index < -0.39 is 104 Å². The van der Waals surface area contributed by atoms with Gasteiger partial charge in [-0.05, 0) is 0 Å². The van der Waals surface area contributed by atoms with Gasteiger partial charge in [-0.25, -0.2) is 0 Å². The minimum absolute atomic E-state index is 0.457. The Hall–Kier alpha value is -2.89. The summed E-state index contributed by atoms with van der Waals surface area (Å²) in [6, 6.07) is 0. The number of rotatable bonds is 10. The van der Waals surface area contributed by atoms with E-state index in [0.29, 0.717) is 0 Å². The summed E-state index contributed by atoms with van der Waals surface area (Å²) in [6.45, 7) is 4.49. The Balaban J connectivity index is 2.30. The number of hydrogen-bond donors (Lipinski definition) is 2. The molecule has 0 amide bonds. The maximum absolute atomic E-state index is 11.8. The molecule has 6 unspecified atom stereocenters. The van der Waals surface area contributed by atoms with Crippen LogP contribution < -0.4 is 0 Å². The van der Waals surface area contributed by atoms with Crippen LogP contribution in [0.4, 0.5) is 0 Å². The molecule has 0 saturated carbocycles. The van der Waals surface area contributed by atoms with Gasteiger partial charge in [-0.2, -0.15) is 0 Å². The van der Waals surface area contributed by atoms with Crippen LogP contribution in [-0.2, 0) is 66.6 Å². The van der Waals surface area contributed by atoms with Crippen LogP contribution in [0, 0.1) is 0 Å². The van der Waals surface area contributed by atoms with E-state index in [-0.39, 0.29) is 0 Å². The van der Waals surface area contributed by atoms with Crippen molar-refractivity contribution < 1.29 is 76.8 Å². The summed E-state index contributed by atoms with van der Waals surface area (Å²) in [5.41, 5.74) is 0. The van der Waals surface area contributed by atoms with Gasteiger partial charge in [-0.1, -0.05) is 0 Å². The Morgan fingerprint density at radius 2 is 0.974 bits per heavy atom. The van der Waals surface area contributed by atoms with E-state index in [1.54, 1.807) is 0 Å². The van der Waals surface area contributed by atoms with Gasteiger partial charge in [0.25, 0.3) is 0 Å². The van der Waals surface area contributed by atoms with Crippen LogP contribution in [0.1, 0.15) is 34.6 Å². The first kappa shape index (κ1) is 32.3. The largest absolute Gasteiger partial charge is 0.463 e. The number of ether oxygens (including phenoxy) is 9. The zero-order valence-corrected chi connectivity index (χ0v) is 22.3. The van der Waals surface area contributed by atoms with Crippen molar-refractivity contribution in [1.29, 1.82) is 0 Å². The number of carbonyl (C=O) groups excluding carboxylic acids is 5. The maximum Gasteiger partial charge on any atom is 0.303 e. The summed E-state index contributed by atoms with van der Waals surface area (Å²) in [4.78, 5) is 58.0. The highest BCUT2D eigenvalue weighted by Gasteiger charge is 2.52. The third-order valence-corrected chi connectivity index (χ3v) is 5.55. The molecule has 0 bridgehead atoms. The highest BCUT2D eigenvalue weighted by atomic mass is 16.8. The van der Waals surface area contributed by atoms with E-state index in [9.17, 15) is 34.2 Å². The lowest BCUT2D eigenvalue weighted by Gasteiger charge is -2.45. The molecule has 39 heavy (non-hydrogen) atoms. The van der Waals surface area contributed by atoms with Crippen LogP contribution in [0.3, 0.4) is 0 Å².